The second-order valence-corrected chi connectivity index (χ2v) is 12.1. The lowest BCUT2D eigenvalue weighted by atomic mass is 9.90. The van der Waals surface area contributed by atoms with Crippen LogP contribution in [0.2, 0.25) is 0 Å². The number of fused-ring (bicyclic) bond motifs is 3. The third kappa shape index (κ3) is 6.44. The molecule has 0 aromatic heterocycles. The first-order valence-electron chi connectivity index (χ1n) is 13.0. The second-order valence-electron chi connectivity index (χ2n) is 10.2. The Morgan fingerprint density at radius 2 is 1.69 bits per heavy atom. The van der Waals surface area contributed by atoms with Crippen LogP contribution in [-0.2, 0) is 21.3 Å². The molecule has 0 spiro atoms. The molecule has 1 aliphatic rings. The number of benzene rings is 3. The highest BCUT2D eigenvalue weighted by Gasteiger charge is 2.35. The zero-order chi connectivity index (χ0) is 28.0. The molecule has 4 rings (SSSR count). The Labute approximate surface area is 231 Å². The van der Waals surface area contributed by atoms with Crippen molar-refractivity contribution in [3.05, 3.63) is 109 Å². The van der Waals surface area contributed by atoms with Gasteiger partial charge in [-0.3, -0.25) is 9.69 Å². The minimum atomic E-state index is -4.55. The average molecular weight is 543 g/mol. The summed E-state index contributed by atoms with van der Waals surface area (Å²) in [6.45, 7) is 5.07. The Balaban J connectivity index is 1.48. The van der Waals surface area contributed by atoms with Gasteiger partial charge in [0, 0.05) is 42.8 Å². The number of amides is 1. The standard InChI is InChI=1S/C32H34N2O4S/c1-25(35)34(28-15-8-6-9-16-28)22-12-5-4-7-14-27(32(2,3)39(36,37)38)20-23-33-24-21-30-29-17-11-10-13-26(29)18-19-31(30)33/h4-19,22,24,27H,20-21,23H2,1-3H3/b5-4+,14-7+,22-12+. The monoisotopic (exact) mass is 542 g/mol. The van der Waals surface area contributed by atoms with E-state index in [1.165, 1.54) is 42.0 Å². The van der Waals surface area contributed by atoms with Gasteiger partial charge in [-0.05, 0) is 48.9 Å². The van der Waals surface area contributed by atoms with E-state index in [1.54, 1.807) is 36.6 Å². The Hall–Kier alpha value is -3.81. The van der Waals surface area contributed by atoms with Gasteiger partial charge in [-0.2, -0.15) is 0 Å². The lowest BCUT2D eigenvalue weighted by Crippen LogP contribution is -2.39. The summed E-state index contributed by atoms with van der Waals surface area (Å²) in [6, 6.07) is 21.8. The van der Waals surface area contributed by atoms with Crippen LogP contribution in [0.5, 0.6) is 0 Å². The lowest BCUT2D eigenvalue weighted by Gasteiger charge is -2.34. The minimum Gasteiger partial charge on any atom is -0.748 e. The van der Waals surface area contributed by atoms with Crippen molar-refractivity contribution in [2.75, 3.05) is 11.4 Å². The quantitative estimate of drug-likeness (QED) is 0.176. The fraction of sp³-hybridized carbons (Fsp3) is 0.250. The van der Waals surface area contributed by atoms with E-state index in [0.717, 1.165) is 17.8 Å². The number of carbonyl (C=O) groups excluding carboxylic acids is 1. The van der Waals surface area contributed by atoms with Crippen LogP contribution in [0.15, 0.2) is 103 Å². The maximum Gasteiger partial charge on any atom is 0.227 e. The maximum absolute atomic E-state index is 12.2. The van der Waals surface area contributed by atoms with Crippen molar-refractivity contribution in [1.82, 2.24) is 0 Å². The predicted molar refractivity (Wildman–Crippen MR) is 157 cm³/mol. The van der Waals surface area contributed by atoms with Gasteiger partial charge in [0.25, 0.3) is 0 Å². The summed E-state index contributed by atoms with van der Waals surface area (Å²) in [4.78, 5) is 13.6. The van der Waals surface area contributed by atoms with Gasteiger partial charge in [0.1, 0.15) is 22.9 Å². The minimum absolute atomic E-state index is 0.114. The molecule has 3 aromatic rings. The van der Waals surface area contributed by atoms with E-state index in [0.29, 0.717) is 13.0 Å². The molecule has 0 N–H and O–H groups in total. The maximum atomic E-state index is 12.2. The fourth-order valence-corrected chi connectivity index (χ4v) is 5.45. The highest BCUT2D eigenvalue weighted by atomic mass is 32.2. The smallest absolute Gasteiger partial charge is 0.227 e. The number of nitrogens with zero attached hydrogens (tertiary/aromatic N) is 2. The molecule has 1 heterocycles. The summed E-state index contributed by atoms with van der Waals surface area (Å²) in [5.41, 5.74) is 3.15. The van der Waals surface area contributed by atoms with Gasteiger partial charge in [0.2, 0.25) is 11.6 Å². The van der Waals surface area contributed by atoms with E-state index in [4.69, 9.17) is 0 Å². The summed E-state index contributed by atoms with van der Waals surface area (Å²) < 4.78 is 37.2. The van der Waals surface area contributed by atoms with Crippen LogP contribution in [0.3, 0.4) is 0 Å². The molecule has 0 bridgehead atoms. The van der Waals surface area contributed by atoms with Crippen LogP contribution >= 0.6 is 0 Å². The second kappa shape index (κ2) is 11.9. The number of rotatable bonds is 10. The van der Waals surface area contributed by atoms with Crippen LogP contribution in [0, 0.1) is 5.92 Å². The third-order valence-corrected chi connectivity index (χ3v) is 8.94. The first-order valence-corrected chi connectivity index (χ1v) is 14.4. The third-order valence-electron chi connectivity index (χ3n) is 7.34. The molecule has 0 saturated carbocycles. The largest absolute Gasteiger partial charge is 0.748 e. The van der Waals surface area contributed by atoms with Crippen LogP contribution in [0.1, 0.15) is 32.8 Å². The molecule has 1 atom stereocenters. The molecule has 39 heavy (non-hydrogen) atoms. The zero-order valence-corrected chi connectivity index (χ0v) is 23.3. The zero-order valence-electron chi connectivity index (χ0n) is 22.5. The normalized spacial score (nSPS) is 14.8. The Kier molecular flexibility index (Phi) is 8.63. The van der Waals surface area contributed by atoms with E-state index < -0.39 is 20.8 Å². The van der Waals surface area contributed by atoms with Crippen molar-refractivity contribution in [2.45, 2.75) is 38.4 Å². The van der Waals surface area contributed by atoms with Gasteiger partial charge in [0.15, 0.2) is 0 Å². The molecule has 0 radical (unpaired) electrons. The number of para-hydroxylation sites is 1. The van der Waals surface area contributed by atoms with E-state index in [-0.39, 0.29) is 5.91 Å². The van der Waals surface area contributed by atoms with Crippen molar-refractivity contribution in [3.63, 3.8) is 0 Å². The molecule has 6 nitrogen and oxygen atoms in total. The van der Waals surface area contributed by atoms with Gasteiger partial charge in [-0.15, -0.1) is 0 Å². The van der Waals surface area contributed by atoms with E-state index in [2.05, 4.69) is 35.1 Å². The molecular weight excluding hydrogens is 508 g/mol. The van der Waals surface area contributed by atoms with E-state index >= 15 is 0 Å². The van der Waals surface area contributed by atoms with Crippen LogP contribution in [0.4, 0.5) is 11.4 Å². The van der Waals surface area contributed by atoms with Crippen molar-refractivity contribution in [1.29, 1.82) is 0 Å². The van der Waals surface area contributed by atoms with Crippen molar-refractivity contribution in [3.8, 4) is 0 Å². The van der Waals surface area contributed by atoms with E-state index in [1.807, 2.05) is 42.5 Å². The fourth-order valence-electron chi connectivity index (χ4n) is 4.88. The topological polar surface area (TPSA) is 80.5 Å². The summed E-state index contributed by atoms with van der Waals surface area (Å²) >= 11 is 0. The van der Waals surface area contributed by atoms with Gasteiger partial charge in [0.05, 0.1) is 11.2 Å². The Bertz CT molecular complexity index is 1570. The molecule has 7 heteroatoms. The van der Waals surface area contributed by atoms with Gasteiger partial charge < -0.3 is 4.55 Å². The molecule has 0 saturated heterocycles. The van der Waals surface area contributed by atoms with Gasteiger partial charge in [-0.25, -0.2) is 13.0 Å². The summed E-state index contributed by atoms with van der Waals surface area (Å²) in [7, 11) is -4.55. The highest BCUT2D eigenvalue weighted by molar-refractivity contribution is 7.87. The molecule has 3 aromatic carbocycles. The average Bonchev–Trinajstić information content (AvgIpc) is 3.33. The van der Waals surface area contributed by atoms with Crippen LogP contribution in [0.25, 0.3) is 10.8 Å². The van der Waals surface area contributed by atoms with Crippen molar-refractivity contribution < 1.29 is 22.3 Å². The molecule has 202 valence electrons. The highest BCUT2D eigenvalue weighted by Crippen LogP contribution is 2.34. The SMILES string of the molecule is CC(=O)N(/C=C/C=C/C=C/C(CC[N+]1=CCc2c1ccc1ccccc21)C(C)(C)S(=O)(=O)[O-])c1ccccc1. The van der Waals surface area contributed by atoms with E-state index in [9.17, 15) is 17.8 Å². The Morgan fingerprint density at radius 3 is 2.41 bits per heavy atom. The lowest BCUT2D eigenvalue weighted by molar-refractivity contribution is -0.434. The van der Waals surface area contributed by atoms with Gasteiger partial charge >= 0.3 is 0 Å². The molecule has 0 aliphatic carbocycles. The van der Waals surface area contributed by atoms with Crippen molar-refractivity contribution in [2.24, 2.45) is 5.92 Å². The van der Waals surface area contributed by atoms with Crippen LogP contribution in [-0.4, -0.2) is 41.0 Å². The molecule has 0 fully saturated rings. The summed E-state index contributed by atoms with van der Waals surface area (Å²) in [5.74, 6) is -0.610. The first kappa shape index (κ1) is 28.2. The number of allylic oxidation sites excluding steroid dienone is 5. The van der Waals surface area contributed by atoms with Crippen LogP contribution < -0.4 is 4.90 Å². The summed E-state index contributed by atoms with van der Waals surface area (Å²) in [6.07, 6.45) is 13.9. The Morgan fingerprint density at radius 1 is 1.00 bits per heavy atom. The molecule has 1 aliphatic heterocycles. The molecule has 1 unspecified atom stereocenters. The van der Waals surface area contributed by atoms with Crippen molar-refractivity contribution >= 4 is 44.4 Å². The number of anilines is 1. The number of hydrogen-bond acceptors (Lipinski definition) is 4. The molecular formula is C32H34N2O4S. The molecule has 1 amide bonds. The predicted octanol–water partition coefficient (Wildman–Crippen LogP) is 6.12. The summed E-state index contributed by atoms with van der Waals surface area (Å²) in [5, 5.41) is 2.42. The van der Waals surface area contributed by atoms with Gasteiger partial charge in [-0.1, -0.05) is 66.8 Å². The number of carbonyl (C=O) groups is 1. The number of hydrogen-bond donors (Lipinski definition) is 0. The first-order chi connectivity index (χ1) is 18.6.